The van der Waals surface area contributed by atoms with Gasteiger partial charge in [0.15, 0.2) is 0 Å². The third-order valence-electron chi connectivity index (χ3n) is 6.97. The summed E-state index contributed by atoms with van der Waals surface area (Å²) in [4.78, 5) is 77.2. The van der Waals surface area contributed by atoms with Crippen LogP contribution in [0.2, 0.25) is 0 Å². The molecule has 0 bridgehead atoms. The highest BCUT2D eigenvalue weighted by Crippen LogP contribution is 2.40. The van der Waals surface area contributed by atoms with E-state index in [0.29, 0.717) is 0 Å². The Morgan fingerprint density at radius 2 is 0.774 bits per heavy atom. The lowest BCUT2D eigenvalue weighted by Gasteiger charge is -2.30. The zero-order valence-electron chi connectivity index (χ0n) is 27.3. The topological polar surface area (TPSA) is 647 Å². The smallest absolute Gasteiger partial charge is 0.550 e. The molecule has 2 aliphatic rings. The first-order valence-electron chi connectivity index (χ1n) is 12.9. The van der Waals surface area contributed by atoms with Gasteiger partial charge in [0.2, 0.25) is 15.7 Å². The third-order valence-corrected chi connectivity index (χ3v) is 24.6. The van der Waals surface area contributed by atoms with E-state index in [9.17, 15) is 146 Å². The summed E-state index contributed by atoms with van der Waals surface area (Å²) < 4.78 is 310. The standard InChI is InChI=1S/3C4H6O13S3.2Al/c3*5-2(6)1(18(9,10)11)4(3(7)8,19(12,13)14)20(15,16)17;;/h3*1H,(H,5,6)(H,7,8)(H,9,10,11)(H,12,13,14)(H,15,16,17);;/q;;;2*+3/p-6. The molecular weight excluding hydrogens is 1110 g/mol. The van der Waals surface area contributed by atoms with Gasteiger partial charge in [-0.3, -0.25) is 69.7 Å². The highest BCUT2D eigenvalue weighted by Gasteiger charge is 2.82. The van der Waals surface area contributed by atoms with E-state index >= 15 is 0 Å². The molecule has 0 aromatic carbocycles. The van der Waals surface area contributed by atoms with Crippen molar-refractivity contribution in [2.24, 2.45) is 0 Å². The fourth-order valence-corrected chi connectivity index (χ4v) is 21.5. The molecule has 0 spiro atoms. The van der Waals surface area contributed by atoms with E-state index in [1.807, 2.05) is 0 Å². The Bertz CT molecular complexity index is 2970. The molecule has 2 heterocycles. The minimum Gasteiger partial charge on any atom is -0.550 e. The molecule has 0 aromatic rings. The normalized spacial score (nSPS) is 21.8. The largest absolute Gasteiger partial charge is 1.20 e. The van der Waals surface area contributed by atoms with Crippen LogP contribution in [0.4, 0.5) is 0 Å². The average Bonchev–Trinajstić information content (AvgIpc) is 3.14. The molecule has 0 aliphatic carbocycles. The van der Waals surface area contributed by atoms with Crippen molar-refractivity contribution < 1.29 is 168 Å². The highest BCUT2D eigenvalue weighted by molar-refractivity contribution is 8.09. The number of hydrogen-bond acceptors (Lipinski definition) is 30. The monoisotopic (exact) mass is 1120 g/mol. The minimum atomic E-state index is -7.91. The van der Waals surface area contributed by atoms with Crippen LogP contribution in [0.3, 0.4) is 0 Å². The van der Waals surface area contributed by atoms with Crippen LogP contribution < -0.4 is 0 Å². The molecule has 2 rings (SSSR count). The van der Waals surface area contributed by atoms with Crippen molar-refractivity contribution in [1.29, 1.82) is 0 Å². The maximum Gasteiger partial charge on any atom is 1.20 e. The second kappa shape index (κ2) is 16.2. The van der Waals surface area contributed by atoms with Crippen LogP contribution in [-0.2, 0) is 143 Å². The van der Waals surface area contributed by atoms with Crippen LogP contribution in [0.25, 0.3) is 0 Å². The van der Waals surface area contributed by atoms with Crippen LogP contribution >= 0.6 is 0 Å². The van der Waals surface area contributed by atoms with E-state index in [-0.39, 0.29) is 0 Å². The summed E-state index contributed by atoms with van der Waals surface area (Å²) >= 11 is -12.7. The lowest BCUT2D eigenvalue weighted by Crippen LogP contribution is -2.67. The quantitative estimate of drug-likeness (QED) is 0.0576. The molecule has 2 saturated heterocycles. The molecule has 3 unspecified atom stereocenters. The van der Waals surface area contributed by atoms with E-state index in [4.69, 9.17) is 0 Å². The fraction of sp³-hybridized carbons (Fsp3) is 0.500. The number of carbonyl (C=O) groups is 6. The van der Waals surface area contributed by atoms with E-state index in [1.165, 1.54) is 0 Å². The molecule has 0 radical (unpaired) electrons. The molecule has 0 aromatic heterocycles. The second-order valence-corrected chi connectivity index (χ2v) is 28.1. The molecule has 50 heteroatoms. The molecular formula is C12H12Al2O39S9. The van der Waals surface area contributed by atoms with E-state index in [0.717, 1.165) is 0 Å². The molecule has 354 valence electrons. The van der Waals surface area contributed by atoms with Crippen molar-refractivity contribution in [2.75, 3.05) is 0 Å². The Labute approximate surface area is 351 Å². The average molecular weight is 1120 g/mol. The van der Waals surface area contributed by atoms with Crippen molar-refractivity contribution in [2.45, 2.75) is 28.0 Å². The summed E-state index contributed by atoms with van der Waals surface area (Å²) in [6, 6.07) is 0. The summed E-state index contributed by atoms with van der Waals surface area (Å²) in [5.41, 5.74) is 0. The van der Waals surface area contributed by atoms with Crippen molar-refractivity contribution in [3.8, 4) is 0 Å². The Kier molecular flexibility index (Phi) is 14.4. The van der Waals surface area contributed by atoms with Crippen LogP contribution in [0, 0.1) is 0 Å². The summed E-state index contributed by atoms with van der Waals surface area (Å²) in [7, 11) is -66.6. The van der Waals surface area contributed by atoms with Gasteiger partial charge in [0.1, 0.15) is 0 Å². The lowest BCUT2D eigenvalue weighted by atomic mass is 10.3. The summed E-state index contributed by atoms with van der Waals surface area (Å²) in [5, 5.41) is -14.9. The minimum absolute atomic E-state index is 3.35. The summed E-state index contributed by atoms with van der Waals surface area (Å²) in [5.74, 6) is -22.0. The first kappa shape index (κ1) is 55.2. The van der Waals surface area contributed by atoms with Gasteiger partial charge < -0.3 is 22.7 Å². The molecule has 0 amide bonds. The SMILES string of the molecule is O=C1[O][Al]([O]C(=O)C(C(C(=O)[O][Al]2[O]C(=O)C(S(=O)(=O)O)C(S(=O)(=O)O)(S(=O)(=O)O)C(=O)[O]2)(S(=O)(=O)O)S(=O)(=O)O)S(=O)(=O)O)[O]C(=O)C(S(=O)(=O)O)(S(=O)(=O)O)C1S(=O)(=O)O. The van der Waals surface area contributed by atoms with Crippen molar-refractivity contribution in [1.82, 2.24) is 0 Å². The van der Waals surface area contributed by atoms with Gasteiger partial charge >= 0.3 is 121 Å². The van der Waals surface area contributed by atoms with Gasteiger partial charge in [-0.05, 0) is 0 Å². The Hall–Kier alpha value is -2.93. The van der Waals surface area contributed by atoms with Crippen molar-refractivity contribution in [3.63, 3.8) is 0 Å². The van der Waals surface area contributed by atoms with E-state index < -0.39 is 185 Å². The number of carbonyl (C=O) groups excluding carboxylic acids is 6. The van der Waals surface area contributed by atoms with E-state index in [1.54, 1.807) is 0 Å². The van der Waals surface area contributed by atoms with Crippen molar-refractivity contribution in [3.05, 3.63) is 0 Å². The van der Waals surface area contributed by atoms with Gasteiger partial charge in [0.05, 0.1) is 0 Å². The molecule has 62 heavy (non-hydrogen) atoms. The van der Waals surface area contributed by atoms with Gasteiger partial charge in [-0.1, -0.05) is 0 Å². The van der Waals surface area contributed by atoms with E-state index in [2.05, 4.69) is 22.7 Å². The number of rotatable bonds is 14. The molecule has 39 nitrogen and oxygen atoms in total. The van der Waals surface area contributed by atoms with Crippen LogP contribution in [-0.4, -0.2) is 211 Å². The second-order valence-electron chi connectivity index (χ2n) is 10.6. The maximum absolute atomic E-state index is 13.3. The van der Waals surface area contributed by atoms with Crippen LogP contribution in [0.1, 0.15) is 0 Å². The third kappa shape index (κ3) is 9.02. The number of hydrogen-bond donors (Lipinski definition) is 9. The van der Waals surface area contributed by atoms with Crippen LogP contribution in [0.15, 0.2) is 0 Å². The van der Waals surface area contributed by atoms with Crippen LogP contribution in [0.5, 0.6) is 0 Å². The van der Waals surface area contributed by atoms with Gasteiger partial charge in [0.25, 0.3) is 48.3 Å². The molecule has 9 N–H and O–H groups in total. The molecule has 0 saturated carbocycles. The predicted octanol–water partition coefficient (Wildman–Crippen LogP) is -10.6. The van der Waals surface area contributed by atoms with Crippen molar-refractivity contribution >= 4 is 157 Å². The highest BCUT2D eigenvalue weighted by atomic mass is 32.3. The first-order valence-corrected chi connectivity index (χ1v) is 28.9. The van der Waals surface area contributed by atoms with Gasteiger partial charge in [-0.25, -0.2) is 0 Å². The Morgan fingerprint density at radius 1 is 0.500 bits per heavy atom. The molecule has 2 aliphatic heterocycles. The van der Waals surface area contributed by atoms with Gasteiger partial charge in [0, 0.05) is 0 Å². The molecule has 3 atom stereocenters. The Morgan fingerprint density at radius 3 is 1.00 bits per heavy atom. The van der Waals surface area contributed by atoms with Gasteiger partial charge in [-0.15, -0.1) is 0 Å². The molecule has 2 fully saturated rings. The maximum atomic E-state index is 13.3. The first-order chi connectivity index (χ1) is 27.0. The lowest BCUT2D eigenvalue weighted by molar-refractivity contribution is -0.150. The Balaban J connectivity index is 3.02. The van der Waals surface area contributed by atoms with Gasteiger partial charge in [-0.2, -0.15) is 75.8 Å². The summed E-state index contributed by atoms with van der Waals surface area (Å²) in [6.45, 7) is 0. The fourth-order valence-electron chi connectivity index (χ4n) is 4.71. The summed E-state index contributed by atoms with van der Waals surface area (Å²) in [6.07, 6.45) is 0. The predicted molar refractivity (Wildman–Crippen MR) is 172 cm³/mol. The zero-order valence-corrected chi connectivity index (χ0v) is 37.0. The zero-order chi connectivity index (χ0) is 49.6.